The van der Waals surface area contributed by atoms with E-state index in [0.717, 1.165) is 0 Å². The Morgan fingerprint density at radius 3 is 2.67 bits per heavy atom. The highest BCUT2D eigenvalue weighted by atomic mass is 32.2. The van der Waals surface area contributed by atoms with Crippen LogP contribution in [0.15, 0.2) is 58.1 Å². The van der Waals surface area contributed by atoms with Crippen LogP contribution < -0.4 is 15.4 Å². The molecule has 1 fully saturated rings. The lowest BCUT2D eigenvalue weighted by molar-refractivity contribution is -0.135. The maximum absolute atomic E-state index is 14.2. The van der Waals surface area contributed by atoms with Crippen LogP contribution in [0.3, 0.4) is 0 Å². The van der Waals surface area contributed by atoms with Crippen molar-refractivity contribution in [3.05, 3.63) is 54.4 Å². The van der Waals surface area contributed by atoms with Crippen LogP contribution in [0.1, 0.15) is 44.2 Å². The SMILES string of the molecule is COc1ccc2oc(C(=O)N[C@@H](CC(C)C)C(=O)N([C@@H]3C[C@@H](C)CNCC3=O)S(=O)(=O)c3ccccn3)cc2c1. The number of carbonyl (C=O) groups excluding carboxylic acids is 3. The Labute approximate surface area is 233 Å². The fourth-order valence-electron chi connectivity index (χ4n) is 4.76. The van der Waals surface area contributed by atoms with Crippen LogP contribution in [0.25, 0.3) is 11.0 Å². The van der Waals surface area contributed by atoms with Crippen molar-refractivity contribution in [2.75, 3.05) is 20.2 Å². The van der Waals surface area contributed by atoms with E-state index in [2.05, 4.69) is 15.6 Å². The third kappa shape index (κ3) is 6.34. The zero-order chi connectivity index (χ0) is 29.0. The van der Waals surface area contributed by atoms with Crippen LogP contribution in [0, 0.1) is 11.8 Å². The van der Waals surface area contributed by atoms with Gasteiger partial charge in [0.15, 0.2) is 16.6 Å². The lowest BCUT2D eigenvalue weighted by Crippen LogP contribution is -2.57. The second-order valence-corrected chi connectivity index (χ2v) is 12.2. The molecule has 3 aromatic rings. The maximum Gasteiger partial charge on any atom is 0.287 e. The molecule has 12 heteroatoms. The molecule has 11 nitrogen and oxygen atoms in total. The van der Waals surface area contributed by atoms with Gasteiger partial charge in [0.25, 0.3) is 21.8 Å². The third-order valence-electron chi connectivity index (χ3n) is 6.71. The number of hydrogen-bond donors (Lipinski definition) is 2. The van der Waals surface area contributed by atoms with Crippen molar-refractivity contribution in [3.8, 4) is 5.75 Å². The normalized spacial score (nSPS) is 18.8. The van der Waals surface area contributed by atoms with Gasteiger partial charge in [-0.3, -0.25) is 14.4 Å². The molecule has 2 aromatic heterocycles. The van der Waals surface area contributed by atoms with Crippen molar-refractivity contribution >= 4 is 38.6 Å². The van der Waals surface area contributed by atoms with Gasteiger partial charge in [0.05, 0.1) is 13.7 Å². The fourth-order valence-corrected chi connectivity index (χ4v) is 6.31. The molecular weight excluding hydrogens is 536 g/mol. The largest absolute Gasteiger partial charge is 0.497 e. The molecule has 0 bridgehead atoms. The zero-order valence-electron chi connectivity index (χ0n) is 22.9. The van der Waals surface area contributed by atoms with E-state index in [1.807, 2.05) is 20.8 Å². The molecule has 1 saturated heterocycles. The quantitative estimate of drug-likeness (QED) is 0.396. The number of sulfonamides is 1. The molecule has 1 aromatic carbocycles. The summed E-state index contributed by atoms with van der Waals surface area (Å²) in [7, 11) is -3.02. The van der Waals surface area contributed by atoms with E-state index in [1.165, 1.54) is 31.5 Å². The number of aromatic nitrogens is 1. The molecule has 2 N–H and O–H groups in total. The molecule has 0 unspecified atom stereocenters. The van der Waals surface area contributed by atoms with Crippen LogP contribution in [0.5, 0.6) is 5.75 Å². The molecule has 214 valence electrons. The summed E-state index contributed by atoms with van der Waals surface area (Å²) in [6.07, 6.45) is 1.57. The van der Waals surface area contributed by atoms with E-state index in [4.69, 9.17) is 9.15 Å². The first-order chi connectivity index (χ1) is 19.0. The Kier molecular flexibility index (Phi) is 8.89. The minimum atomic E-state index is -4.55. The van der Waals surface area contributed by atoms with Crippen LogP contribution in [-0.2, 0) is 19.6 Å². The highest BCUT2D eigenvalue weighted by Gasteiger charge is 2.44. The Morgan fingerprint density at radius 2 is 2.00 bits per heavy atom. The highest BCUT2D eigenvalue weighted by Crippen LogP contribution is 2.27. The van der Waals surface area contributed by atoms with Gasteiger partial charge in [-0.25, -0.2) is 9.29 Å². The van der Waals surface area contributed by atoms with Gasteiger partial charge in [0.1, 0.15) is 23.4 Å². The number of rotatable bonds is 9. The summed E-state index contributed by atoms with van der Waals surface area (Å²) in [5.74, 6) is -1.68. The van der Waals surface area contributed by atoms with Gasteiger partial charge in [0, 0.05) is 11.6 Å². The Hall–Kier alpha value is -3.77. The summed E-state index contributed by atoms with van der Waals surface area (Å²) in [5, 5.41) is 5.95. The number of nitrogens with one attached hydrogen (secondary N) is 2. The van der Waals surface area contributed by atoms with Gasteiger partial charge >= 0.3 is 0 Å². The monoisotopic (exact) mass is 570 g/mol. The average molecular weight is 571 g/mol. The number of Topliss-reactive ketones (excluding diaryl/α,β-unsaturated/α-hetero) is 1. The predicted molar refractivity (Wildman–Crippen MR) is 147 cm³/mol. The molecule has 0 radical (unpaired) electrons. The molecule has 2 amide bonds. The lowest BCUT2D eigenvalue weighted by atomic mass is 9.98. The van der Waals surface area contributed by atoms with Gasteiger partial charge in [-0.15, -0.1) is 0 Å². The van der Waals surface area contributed by atoms with E-state index < -0.39 is 39.7 Å². The second kappa shape index (κ2) is 12.2. The number of pyridine rings is 1. The van der Waals surface area contributed by atoms with E-state index in [9.17, 15) is 22.8 Å². The van der Waals surface area contributed by atoms with Crippen molar-refractivity contribution in [1.82, 2.24) is 19.9 Å². The van der Waals surface area contributed by atoms with Crippen LogP contribution >= 0.6 is 0 Å². The molecule has 0 aliphatic carbocycles. The number of nitrogens with zero attached hydrogens (tertiary/aromatic N) is 2. The second-order valence-electron chi connectivity index (χ2n) is 10.4. The van der Waals surface area contributed by atoms with Gasteiger partial charge in [-0.05, 0) is 67.6 Å². The Balaban J connectivity index is 1.72. The summed E-state index contributed by atoms with van der Waals surface area (Å²) in [6, 6.07) is 8.40. The minimum absolute atomic E-state index is 0.0488. The fraction of sp³-hybridized carbons (Fsp3) is 0.429. The van der Waals surface area contributed by atoms with Crippen molar-refractivity contribution < 1.29 is 32.0 Å². The first-order valence-electron chi connectivity index (χ1n) is 13.1. The van der Waals surface area contributed by atoms with Crippen LogP contribution in [0.4, 0.5) is 0 Å². The molecule has 4 rings (SSSR count). The first kappa shape index (κ1) is 29.2. The van der Waals surface area contributed by atoms with Gasteiger partial charge in [-0.1, -0.05) is 26.8 Å². The van der Waals surface area contributed by atoms with E-state index in [0.29, 0.717) is 27.6 Å². The average Bonchev–Trinajstić information content (AvgIpc) is 3.28. The predicted octanol–water partition coefficient (Wildman–Crippen LogP) is 2.77. The summed E-state index contributed by atoms with van der Waals surface area (Å²) in [6.45, 7) is 5.98. The molecule has 3 atom stereocenters. The molecule has 40 heavy (non-hydrogen) atoms. The van der Waals surface area contributed by atoms with E-state index >= 15 is 0 Å². The summed E-state index contributed by atoms with van der Waals surface area (Å²) in [5.41, 5.74) is 0.447. The summed E-state index contributed by atoms with van der Waals surface area (Å²) >= 11 is 0. The molecule has 1 aliphatic heterocycles. The number of ketones is 1. The van der Waals surface area contributed by atoms with Gasteiger partial charge < -0.3 is 19.8 Å². The third-order valence-corrected chi connectivity index (χ3v) is 8.43. The molecule has 1 aliphatic rings. The zero-order valence-corrected chi connectivity index (χ0v) is 23.7. The topological polar surface area (TPSA) is 148 Å². The van der Waals surface area contributed by atoms with E-state index in [-0.39, 0.29) is 42.0 Å². The number of hydrogen-bond acceptors (Lipinski definition) is 9. The number of furan rings is 1. The summed E-state index contributed by atoms with van der Waals surface area (Å²) < 4.78 is 39.3. The van der Waals surface area contributed by atoms with Crippen LogP contribution in [-0.4, -0.2) is 67.6 Å². The van der Waals surface area contributed by atoms with Crippen molar-refractivity contribution in [3.63, 3.8) is 0 Å². The number of amides is 2. The van der Waals surface area contributed by atoms with Crippen molar-refractivity contribution in [1.29, 1.82) is 0 Å². The minimum Gasteiger partial charge on any atom is -0.497 e. The standard InChI is InChI=1S/C28H34N4O7S/c1-17(2)11-21(31-27(34)25-14-19-13-20(38-4)8-9-24(19)39-25)28(35)32(22-12-18(3)15-29-16-23(22)33)40(36,37)26-7-5-6-10-30-26/h5-10,13-14,17-18,21-22,29H,11-12,15-16H2,1-4H3,(H,31,34)/t18-,21+,22-/m1/s1. The molecule has 3 heterocycles. The highest BCUT2D eigenvalue weighted by molar-refractivity contribution is 7.89. The van der Waals surface area contributed by atoms with Crippen molar-refractivity contribution in [2.24, 2.45) is 11.8 Å². The maximum atomic E-state index is 14.2. The lowest BCUT2D eigenvalue weighted by Gasteiger charge is -2.33. The smallest absolute Gasteiger partial charge is 0.287 e. The summed E-state index contributed by atoms with van der Waals surface area (Å²) in [4.78, 5) is 44.6. The number of methoxy groups -OCH3 is 1. The van der Waals surface area contributed by atoms with Crippen molar-refractivity contribution in [2.45, 2.75) is 50.7 Å². The molecule has 0 saturated carbocycles. The number of carbonyl (C=O) groups is 3. The van der Waals surface area contributed by atoms with Crippen LogP contribution in [0.2, 0.25) is 0 Å². The molecule has 0 spiro atoms. The van der Waals surface area contributed by atoms with Gasteiger partial charge in [-0.2, -0.15) is 8.42 Å². The number of fused-ring (bicyclic) bond motifs is 1. The van der Waals surface area contributed by atoms with E-state index in [1.54, 1.807) is 24.3 Å². The number of benzene rings is 1. The first-order valence-corrected chi connectivity index (χ1v) is 14.6. The number of ether oxygens (including phenoxy) is 1. The Bertz CT molecular complexity index is 1490. The molecular formula is C28H34N4O7S. The van der Waals surface area contributed by atoms with Gasteiger partial charge in [0.2, 0.25) is 0 Å². The Morgan fingerprint density at radius 1 is 1.23 bits per heavy atom.